The van der Waals surface area contributed by atoms with E-state index in [1.807, 2.05) is 38.1 Å². The lowest BCUT2D eigenvalue weighted by molar-refractivity contribution is -0.119. The first-order chi connectivity index (χ1) is 15.0. The van der Waals surface area contributed by atoms with E-state index in [0.29, 0.717) is 18.0 Å². The number of hydrogen-bond donors (Lipinski definition) is 3. The minimum Gasteiger partial charge on any atom is -0.494 e. The Morgan fingerprint density at radius 2 is 1.55 bits per heavy atom. The van der Waals surface area contributed by atoms with Gasteiger partial charge >= 0.3 is 0 Å². The highest BCUT2D eigenvalue weighted by molar-refractivity contribution is 5.96. The Morgan fingerprint density at radius 1 is 0.871 bits per heavy atom. The molecule has 2 aromatic rings. The second kappa shape index (κ2) is 13.3. The van der Waals surface area contributed by atoms with Gasteiger partial charge in [-0.1, -0.05) is 58.6 Å². The van der Waals surface area contributed by atoms with Gasteiger partial charge in [-0.05, 0) is 36.8 Å². The molecule has 0 spiro atoms. The third-order valence-corrected chi connectivity index (χ3v) is 4.74. The molecule has 2 amide bonds. The van der Waals surface area contributed by atoms with Crippen LogP contribution in [0.25, 0.3) is 0 Å². The Morgan fingerprint density at radius 3 is 2.29 bits per heavy atom. The average molecular weight is 426 g/mol. The molecule has 31 heavy (non-hydrogen) atoms. The van der Waals surface area contributed by atoms with Crippen LogP contribution in [-0.4, -0.2) is 25.0 Å². The molecule has 0 fully saturated rings. The molecule has 0 heterocycles. The van der Waals surface area contributed by atoms with Crippen molar-refractivity contribution in [2.45, 2.75) is 52.9 Å². The van der Waals surface area contributed by atoms with Gasteiger partial charge in [0.2, 0.25) is 11.8 Å². The number of unbranched alkanes of at least 4 members (excludes halogenated alkanes) is 4. The maximum absolute atomic E-state index is 12.3. The number of rotatable bonds is 13. The highest BCUT2D eigenvalue weighted by Crippen LogP contribution is 2.19. The fourth-order valence-electron chi connectivity index (χ4n) is 2.94. The number of anilines is 3. The van der Waals surface area contributed by atoms with Crippen LogP contribution in [0.3, 0.4) is 0 Å². The summed E-state index contributed by atoms with van der Waals surface area (Å²) < 4.78 is 5.82. The molecule has 0 radical (unpaired) electrons. The number of carbonyl (C=O) groups is 2. The lowest BCUT2D eigenvalue weighted by atomic mass is 10.2. The molecule has 0 saturated carbocycles. The Labute approximate surface area is 185 Å². The SMILES string of the molecule is CCCCCCCOc1cccc(NCC(=O)Nc2cccc(NC(=O)C(C)C)c2)c1. The minimum atomic E-state index is -0.172. The zero-order valence-electron chi connectivity index (χ0n) is 18.9. The fourth-order valence-corrected chi connectivity index (χ4v) is 2.94. The molecule has 6 nitrogen and oxygen atoms in total. The topological polar surface area (TPSA) is 79.5 Å². The van der Waals surface area contributed by atoms with E-state index in [9.17, 15) is 9.59 Å². The second-order valence-corrected chi connectivity index (χ2v) is 7.92. The van der Waals surface area contributed by atoms with Crippen molar-refractivity contribution in [2.75, 3.05) is 29.1 Å². The van der Waals surface area contributed by atoms with E-state index < -0.39 is 0 Å². The molecule has 0 saturated heterocycles. The van der Waals surface area contributed by atoms with E-state index in [1.54, 1.807) is 24.3 Å². The number of amides is 2. The van der Waals surface area contributed by atoms with Crippen molar-refractivity contribution in [2.24, 2.45) is 5.92 Å². The predicted molar refractivity (Wildman–Crippen MR) is 128 cm³/mol. The number of benzene rings is 2. The molecule has 0 aliphatic rings. The summed E-state index contributed by atoms with van der Waals surface area (Å²) in [6, 6.07) is 14.8. The van der Waals surface area contributed by atoms with Crippen LogP contribution in [0.4, 0.5) is 17.1 Å². The van der Waals surface area contributed by atoms with Crippen molar-refractivity contribution in [3.8, 4) is 5.75 Å². The van der Waals surface area contributed by atoms with Gasteiger partial charge in [0.05, 0.1) is 13.2 Å². The van der Waals surface area contributed by atoms with Crippen LogP contribution in [0.1, 0.15) is 52.9 Å². The standard InChI is InChI=1S/C25H35N3O3/c1-4-5-6-7-8-15-31-23-14-10-11-20(17-23)26-18-24(29)27-21-12-9-13-22(16-21)28-25(30)19(2)3/h9-14,16-17,19,26H,4-8,15,18H2,1-3H3,(H,27,29)(H,28,30). The molecule has 0 unspecified atom stereocenters. The van der Waals surface area contributed by atoms with Crippen LogP contribution in [0.15, 0.2) is 48.5 Å². The third-order valence-electron chi connectivity index (χ3n) is 4.74. The molecule has 6 heteroatoms. The highest BCUT2D eigenvalue weighted by atomic mass is 16.5. The van der Waals surface area contributed by atoms with Crippen molar-refractivity contribution in [1.82, 2.24) is 0 Å². The third kappa shape index (κ3) is 9.55. The van der Waals surface area contributed by atoms with Crippen LogP contribution in [0.2, 0.25) is 0 Å². The van der Waals surface area contributed by atoms with E-state index in [0.717, 1.165) is 17.9 Å². The van der Waals surface area contributed by atoms with Crippen molar-refractivity contribution in [3.05, 3.63) is 48.5 Å². The number of nitrogens with one attached hydrogen (secondary N) is 3. The van der Waals surface area contributed by atoms with Crippen LogP contribution < -0.4 is 20.7 Å². The summed E-state index contributed by atoms with van der Waals surface area (Å²) in [5, 5.41) is 8.80. The Hall–Kier alpha value is -3.02. The van der Waals surface area contributed by atoms with E-state index in [4.69, 9.17) is 4.74 Å². The summed E-state index contributed by atoms with van der Waals surface area (Å²) in [5.74, 6) is 0.459. The van der Waals surface area contributed by atoms with Crippen LogP contribution in [-0.2, 0) is 9.59 Å². The normalized spacial score (nSPS) is 10.6. The molecule has 2 aromatic carbocycles. The summed E-state index contributed by atoms with van der Waals surface area (Å²) in [6.07, 6.45) is 6.01. The maximum Gasteiger partial charge on any atom is 0.243 e. The van der Waals surface area contributed by atoms with Gasteiger partial charge in [-0.3, -0.25) is 9.59 Å². The second-order valence-electron chi connectivity index (χ2n) is 7.92. The minimum absolute atomic E-state index is 0.0618. The quantitative estimate of drug-likeness (QED) is 0.361. The summed E-state index contributed by atoms with van der Waals surface area (Å²) in [5.41, 5.74) is 2.12. The predicted octanol–water partition coefficient (Wildman–Crippen LogP) is 5.68. The van der Waals surface area contributed by atoms with Gasteiger partial charge in [0.25, 0.3) is 0 Å². The first-order valence-electron chi connectivity index (χ1n) is 11.2. The first-order valence-corrected chi connectivity index (χ1v) is 11.2. The van der Waals surface area contributed by atoms with Gasteiger partial charge in [0.1, 0.15) is 5.75 Å². The molecule has 0 atom stereocenters. The lowest BCUT2D eigenvalue weighted by Gasteiger charge is -2.12. The summed E-state index contributed by atoms with van der Waals surface area (Å²) >= 11 is 0. The zero-order valence-corrected chi connectivity index (χ0v) is 18.9. The molecule has 0 aromatic heterocycles. The Kier molecular flexibility index (Phi) is 10.4. The van der Waals surface area contributed by atoms with E-state index in [-0.39, 0.29) is 24.3 Å². The van der Waals surface area contributed by atoms with Gasteiger partial charge in [-0.25, -0.2) is 0 Å². The molecular weight excluding hydrogens is 390 g/mol. The van der Waals surface area contributed by atoms with E-state index in [2.05, 4.69) is 22.9 Å². The van der Waals surface area contributed by atoms with E-state index >= 15 is 0 Å². The molecule has 2 rings (SSSR count). The molecule has 0 aliphatic carbocycles. The summed E-state index contributed by atoms with van der Waals surface area (Å²) in [6.45, 7) is 6.71. The molecule has 168 valence electrons. The van der Waals surface area contributed by atoms with Crippen molar-refractivity contribution in [3.63, 3.8) is 0 Å². The molecule has 3 N–H and O–H groups in total. The van der Waals surface area contributed by atoms with Gasteiger partial charge < -0.3 is 20.7 Å². The number of ether oxygens (including phenoxy) is 1. The molecular formula is C25H35N3O3. The van der Waals surface area contributed by atoms with Gasteiger partial charge in [-0.2, -0.15) is 0 Å². The van der Waals surface area contributed by atoms with Crippen LogP contribution in [0, 0.1) is 5.92 Å². The smallest absolute Gasteiger partial charge is 0.243 e. The summed E-state index contributed by atoms with van der Waals surface area (Å²) in [7, 11) is 0. The Balaban J connectivity index is 1.78. The maximum atomic E-state index is 12.3. The zero-order chi connectivity index (χ0) is 22.5. The largest absolute Gasteiger partial charge is 0.494 e. The fraction of sp³-hybridized carbons (Fsp3) is 0.440. The lowest BCUT2D eigenvalue weighted by Crippen LogP contribution is -2.22. The van der Waals surface area contributed by atoms with Crippen molar-refractivity contribution >= 4 is 28.9 Å². The molecule has 0 bridgehead atoms. The number of hydrogen-bond acceptors (Lipinski definition) is 4. The Bertz CT molecular complexity index is 836. The van der Waals surface area contributed by atoms with Gasteiger partial charge in [0, 0.05) is 29.0 Å². The van der Waals surface area contributed by atoms with Gasteiger partial charge in [-0.15, -0.1) is 0 Å². The van der Waals surface area contributed by atoms with Crippen molar-refractivity contribution < 1.29 is 14.3 Å². The van der Waals surface area contributed by atoms with Crippen LogP contribution >= 0.6 is 0 Å². The monoisotopic (exact) mass is 425 g/mol. The van der Waals surface area contributed by atoms with Crippen LogP contribution in [0.5, 0.6) is 5.75 Å². The first kappa shape index (κ1) is 24.3. The summed E-state index contributed by atoms with van der Waals surface area (Å²) in [4.78, 5) is 24.2. The van der Waals surface area contributed by atoms with E-state index in [1.165, 1.54) is 25.7 Å². The molecule has 0 aliphatic heterocycles. The highest BCUT2D eigenvalue weighted by Gasteiger charge is 2.08. The van der Waals surface area contributed by atoms with Crippen molar-refractivity contribution in [1.29, 1.82) is 0 Å². The number of carbonyl (C=O) groups excluding carboxylic acids is 2. The average Bonchev–Trinajstić information content (AvgIpc) is 2.75. The van der Waals surface area contributed by atoms with Gasteiger partial charge in [0.15, 0.2) is 0 Å².